The molecule has 1 aliphatic heterocycles. The monoisotopic (exact) mass is 200 g/mol. The van der Waals surface area contributed by atoms with Crippen LogP contribution in [0.25, 0.3) is 0 Å². The molecule has 1 aromatic carbocycles. The highest BCUT2D eigenvalue weighted by atomic mass is 16.2. The molecule has 2 rings (SSSR count). The van der Waals surface area contributed by atoms with E-state index in [0.717, 1.165) is 24.3 Å². The molecular formula is C12H12N2O. The van der Waals surface area contributed by atoms with Crippen LogP contribution in [0.1, 0.15) is 5.56 Å². The highest BCUT2D eigenvalue weighted by Crippen LogP contribution is 2.12. The summed E-state index contributed by atoms with van der Waals surface area (Å²) in [5, 5.41) is 5.90. The van der Waals surface area contributed by atoms with Crippen LogP contribution in [-0.4, -0.2) is 19.0 Å². The summed E-state index contributed by atoms with van der Waals surface area (Å²) in [4.78, 5) is 11.6. The summed E-state index contributed by atoms with van der Waals surface area (Å²) in [7, 11) is 0. The Kier molecular flexibility index (Phi) is 2.70. The van der Waals surface area contributed by atoms with Gasteiger partial charge in [0.25, 0.3) is 0 Å². The molecule has 0 radical (unpaired) electrons. The van der Waals surface area contributed by atoms with Crippen molar-refractivity contribution in [2.24, 2.45) is 5.92 Å². The fourth-order valence-electron chi connectivity index (χ4n) is 1.41. The van der Waals surface area contributed by atoms with E-state index in [1.165, 1.54) is 0 Å². The summed E-state index contributed by atoms with van der Waals surface area (Å²) in [6.07, 6.45) is 5.27. The van der Waals surface area contributed by atoms with Crippen LogP contribution in [0, 0.1) is 18.3 Å². The zero-order valence-corrected chi connectivity index (χ0v) is 8.29. The first-order valence-electron chi connectivity index (χ1n) is 4.88. The zero-order valence-electron chi connectivity index (χ0n) is 8.29. The molecule has 3 nitrogen and oxygen atoms in total. The first-order chi connectivity index (χ1) is 7.29. The van der Waals surface area contributed by atoms with Gasteiger partial charge in [-0.15, -0.1) is 6.42 Å². The number of carbonyl (C=O) groups excluding carboxylic acids is 1. The number of rotatable bonds is 2. The summed E-state index contributed by atoms with van der Waals surface area (Å²) in [6, 6.07) is 7.30. The minimum atomic E-state index is 0.0583. The zero-order chi connectivity index (χ0) is 10.7. The van der Waals surface area contributed by atoms with Gasteiger partial charge in [-0.2, -0.15) is 0 Å². The van der Waals surface area contributed by atoms with Crippen molar-refractivity contribution in [2.45, 2.75) is 0 Å². The number of anilines is 1. The lowest BCUT2D eigenvalue weighted by Gasteiger charge is -2.25. The second kappa shape index (κ2) is 4.16. The van der Waals surface area contributed by atoms with Crippen LogP contribution in [0.2, 0.25) is 0 Å². The van der Waals surface area contributed by atoms with Crippen LogP contribution in [0.4, 0.5) is 5.69 Å². The molecule has 0 spiro atoms. The second-order valence-electron chi connectivity index (χ2n) is 3.57. The van der Waals surface area contributed by atoms with E-state index in [-0.39, 0.29) is 11.8 Å². The molecule has 0 aliphatic carbocycles. The second-order valence-corrected chi connectivity index (χ2v) is 3.57. The van der Waals surface area contributed by atoms with Gasteiger partial charge in [0, 0.05) is 24.3 Å². The number of carbonyl (C=O) groups is 1. The largest absolute Gasteiger partial charge is 0.326 e. The normalized spacial score (nSPS) is 15.1. The van der Waals surface area contributed by atoms with Crippen LogP contribution < -0.4 is 10.6 Å². The maximum absolute atomic E-state index is 11.6. The molecule has 0 bridgehead atoms. The Morgan fingerprint density at radius 1 is 1.53 bits per heavy atom. The Bertz CT molecular complexity index is 416. The first-order valence-corrected chi connectivity index (χ1v) is 4.88. The molecule has 1 amide bonds. The number of hydrogen-bond acceptors (Lipinski definition) is 2. The maximum atomic E-state index is 11.6. The van der Waals surface area contributed by atoms with E-state index >= 15 is 0 Å². The van der Waals surface area contributed by atoms with E-state index in [0.29, 0.717) is 0 Å². The number of amides is 1. The van der Waals surface area contributed by atoms with Crippen molar-refractivity contribution in [3.8, 4) is 12.3 Å². The lowest BCUT2D eigenvalue weighted by Crippen LogP contribution is -2.48. The van der Waals surface area contributed by atoms with Crippen molar-refractivity contribution >= 4 is 11.6 Å². The van der Waals surface area contributed by atoms with Crippen LogP contribution in [0.15, 0.2) is 24.3 Å². The van der Waals surface area contributed by atoms with Gasteiger partial charge < -0.3 is 10.6 Å². The topological polar surface area (TPSA) is 41.1 Å². The molecule has 76 valence electrons. The van der Waals surface area contributed by atoms with Gasteiger partial charge in [0.05, 0.1) is 5.92 Å². The predicted molar refractivity (Wildman–Crippen MR) is 59.4 cm³/mol. The number of terminal acetylenes is 1. The SMILES string of the molecule is C#Cc1cccc(NC(=O)C2CNC2)c1. The van der Waals surface area contributed by atoms with Crippen molar-refractivity contribution < 1.29 is 4.79 Å². The van der Waals surface area contributed by atoms with E-state index in [1.54, 1.807) is 6.07 Å². The fraction of sp³-hybridized carbons (Fsp3) is 0.250. The van der Waals surface area contributed by atoms with E-state index in [1.807, 2.05) is 18.2 Å². The van der Waals surface area contributed by atoms with Crippen LogP contribution in [0.3, 0.4) is 0 Å². The Morgan fingerprint density at radius 2 is 2.33 bits per heavy atom. The molecule has 1 aromatic rings. The summed E-state index contributed by atoms with van der Waals surface area (Å²) in [5.41, 5.74) is 1.54. The minimum absolute atomic E-state index is 0.0583. The van der Waals surface area contributed by atoms with Gasteiger partial charge in [0.2, 0.25) is 5.91 Å². The summed E-state index contributed by atoms with van der Waals surface area (Å²) in [6.45, 7) is 1.53. The fourth-order valence-corrected chi connectivity index (χ4v) is 1.41. The third-order valence-corrected chi connectivity index (χ3v) is 2.45. The first kappa shape index (κ1) is 9.75. The summed E-state index contributed by atoms with van der Waals surface area (Å²) >= 11 is 0. The molecule has 1 aliphatic rings. The van der Waals surface area contributed by atoms with Crippen LogP contribution in [-0.2, 0) is 4.79 Å². The Labute approximate surface area is 88.9 Å². The molecule has 0 aromatic heterocycles. The Balaban J connectivity index is 2.03. The van der Waals surface area contributed by atoms with Crippen LogP contribution in [0.5, 0.6) is 0 Å². The standard InChI is InChI=1S/C12H12N2O/c1-2-9-4-3-5-11(6-9)14-12(15)10-7-13-8-10/h1,3-6,10,13H,7-8H2,(H,14,15). The molecular weight excluding hydrogens is 188 g/mol. The van der Waals surface area contributed by atoms with Gasteiger partial charge in [0.1, 0.15) is 0 Å². The van der Waals surface area contributed by atoms with Gasteiger partial charge in [-0.05, 0) is 18.2 Å². The third-order valence-electron chi connectivity index (χ3n) is 2.45. The van der Waals surface area contributed by atoms with Gasteiger partial charge in [-0.3, -0.25) is 4.79 Å². The predicted octanol–water partition coefficient (Wildman–Crippen LogP) is 0.826. The average molecular weight is 200 g/mol. The average Bonchev–Trinajstić information content (AvgIpc) is 2.15. The van der Waals surface area contributed by atoms with E-state index in [9.17, 15) is 4.79 Å². The molecule has 0 saturated carbocycles. The quantitative estimate of drug-likeness (QED) is 0.694. The van der Waals surface area contributed by atoms with Crippen molar-refractivity contribution in [1.29, 1.82) is 0 Å². The molecule has 2 N–H and O–H groups in total. The van der Waals surface area contributed by atoms with Crippen molar-refractivity contribution in [3.63, 3.8) is 0 Å². The highest BCUT2D eigenvalue weighted by molar-refractivity contribution is 5.93. The van der Waals surface area contributed by atoms with Crippen molar-refractivity contribution in [1.82, 2.24) is 5.32 Å². The Hall–Kier alpha value is -1.79. The number of hydrogen-bond donors (Lipinski definition) is 2. The maximum Gasteiger partial charge on any atom is 0.230 e. The van der Waals surface area contributed by atoms with E-state index in [4.69, 9.17) is 6.42 Å². The van der Waals surface area contributed by atoms with E-state index in [2.05, 4.69) is 16.6 Å². The molecule has 1 fully saturated rings. The summed E-state index contributed by atoms with van der Waals surface area (Å²) in [5.74, 6) is 2.69. The third kappa shape index (κ3) is 2.17. The number of benzene rings is 1. The number of nitrogens with one attached hydrogen (secondary N) is 2. The van der Waals surface area contributed by atoms with Crippen LogP contribution >= 0.6 is 0 Å². The molecule has 15 heavy (non-hydrogen) atoms. The lowest BCUT2D eigenvalue weighted by atomic mass is 10.0. The van der Waals surface area contributed by atoms with Gasteiger partial charge >= 0.3 is 0 Å². The van der Waals surface area contributed by atoms with Gasteiger partial charge in [-0.1, -0.05) is 12.0 Å². The molecule has 0 unspecified atom stereocenters. The van der Waals surface area contributed by atoms with Crippen molar-refractivity contribution in [2.75, 3.05) is 18.4 Å². The van der Waals surface area contributed by atoms with Gasteiger partial charge in [0.15, 0.2) is 0 Å². The molecule has 0 atom stereocenters. The summed E-state index contributed by atoms with van der Waals surface area (Å²) < 4.78 is 0. The Morgan fingerprint density at radius 3 is 2.93 bits per heavy atom. The molecule has 1 saturated heterocycles. The molecule has 1 heterocycles. The lowest BCUT2D eigenvalue weighted by molar-refractivity contribution is -0.121. The highest BCUT2D eigenvalue weighted by Gasteiger charge is 2.24. The van der Waals surface area contributed by atoms with E-state index < -0.39 is 0 Å². The smallest absolute Gasteiger partial charge is 0.230 e. The van der Waals surface area contributed by atoms with Gasteiger partial charge in [-0.25, -0.2) is 0 Å². The molecule has 3 heteroatoms. The van der Waals surface area contributed by atoms with Crippen molar-refractivity contribution in [3.05, 3.63) is 29.8 Å². The minimum Gasteiger partial charge on any atom is -0.326 e.